The van der Waals surface area contributed by atoms with Crippen molar-refractivity contribution in [2.24, 2.45) is 5.92 Å². The van der Waals surface area contributed by atoms with Crippen LogP contribution in [0, 0.1) is 5.92 Å². The molecule has 5 nitrogen and oxygen atoms in total. The number of carboxylic acids is 1. The molecule has 2 N–H and O–H groups in total. The average molecular weight is 519 g/mol. The molecule has 1 unspecified atom stereocenters. The van der Waals surface area contributed by atoms with Crippen molar-refractivity contribution in [3.8, 4) is 5.75 Å². The van der Waals surface area contributed by atoms with Crippen LogP contribution in [-0.2, 0) is 30.1 Å². The molecule has 0 radical (unpaired) electrons. The molecule has 0 fully saturated rings. The molecule has 0 aromatic heterocycles. The van der Waals surface area contributed by atoms with Crippen molar-refractivity contribution in [1.29, 1.82) is 0 Å². The van der Waals surface area contributed by atoms with Crippen LogP contribution in [0.4, 0.5) is 26.3 Å². The third kappa shape index (κ3) is 6.70. The van der Waals surface area contributed by atoms with Crippen molar-refractivity contribution >= 4 is 5.97 Å². The molecule has 3 atom stereocenters. The summed E-state index contributed by atoms with van der Waals surface area (Å²) in [7, 11) is 1.53. The van der Waals surface area contributed by atoms with E-state index < -0.39 is 47.0 Å². The van der Waals surface area contributed by atoms with E-state index in [9.17, 15) is 36.2 Å². The number of hydrogen-bond acceptors (Lipinski definition) is 4. The predicted octanol–water partition coefficient (Wildman–Crippen LogP) is 5.69. The van der Waals surface area contributed by atoms with Gasteiger partial charge in [0.05, 0.1) is 23.1 Å². The van der Waals surface area contributed by atoms with Gasteiger partial charge in [0.15, 0.2) is 0 Å². The monoisotopic (exact) mass is 519 g/mol. The molecule has 0 saturated carbocycles. The van der Waals surface area contributed by atoms with Crippen molar-refractivity contribution in [2.75, 3.05) is 13.6 Å². The van der Waals surface area contributed by atoms with E-state index in [4.69, 9.17) is 9.84 Å². The first kappa shape index (κ1) is 27.8. The molecule has 0 saturated heterocycles. The second-order valence-electron chi connectivity index (χ2n) is 9.11. The average Bonchev–Trinajstić information content (AvgIpc) is 2.79. The normalized spacial score (nSPS) is 17.9. The quantitative estimate of drug-likeness (QED) is 0.439. The van der Waals surface area contributed by atoms with Crippen LogP contribution in [0.2, 0.25) is 0 Å². The lowest BCUT2D eigenvalue weighted by Gasteiger charge is -2.29. The first-order valence-electron chi connectivity index (χ1n) is 11.3. The van der Waals surface area contributed by atoms with Gasteiger partial charge in [-0.05, 0) is 74.2 Å². The molecule has 36 heavy (non-hydrogen) atoms. The number of aliphatic hydroxyl groups excluding tert-OH is 1. The number of halogens is 6. The smallest absolute Gasteiger partial charge is 0.416 e. The molecule has 0 aliphatic carbocycles. The second kappa shape index (κ2) is 10.7. The maximum Gasteiger partial charge on any atom is 0.416 e. The van der Waals surface area contributed by atoms with Gasteiger partial charge in [-0.1, -0.05) is 12.1 Å². The molecular weight excluding hydrogens is 492 g/mol. The van der Waals surface area contributed by atoms with Gasteiger partial charge in [-0.25, -0.2) is 0 Å². The van der Waals surface area contributed by atoms with Crippen molar-refractivity contribution in [1.82, 2.24) is 4.90 Å². The molecule has 1 aliphatic rings. The van der Waals surface area contributed by atoms with E-state index in [-0.39, 0.29) is 19.2 Å². The van der Waals surface area contributed by atoms with Gasteiger partial charge in [-0.2, -0.15) is 26.3 Å². The topological polar surface area (TPSA) is 70.0 Å². The van der Waals surface area contributed by atoms with Gasteiger partial charge >= 0.3 is 18.3 Å². The Morgan fingerprint density at radius 3 is 2.42 bits per heavy atom. The molecule has 11 heteroatoms. The van der Waals surface area contributed by atoms with Gasteiger partial charge in [0.1, 0.15) is 11.9 Å². The van der Waals surface area contributed by atoms with E-state index >= 15 is 0 Å². The Bertz CT molecular complexity index is 1090. The Morgan fingerprint density at radius 1 is 1.11 bits per heavy atom. The minimum Gasteiger partial charge on any atom is -0.490 e. The Balaban J connectivity index is 1.66. The van der Waals surface area contributed by atoms with Crippen molar-refractivity contribution in [2.45, 2.75) is 57.3 Å². The number of aryl methyl sites for hydroxylation is 1. The number of aliphatic hydroxyl groups is 1. The van der Waals surface area contributed by atoms with Crippen LogP contribution in [0.15, 0.2) is 36.4 Å². The number of aliphatic carboxylic acids is 1. The van der Waals surface area contributed by atoms with E-state index in [1.807, 2.05) is 0 Å². The number of alkyl halides is 6. The number of nitrogens with zero attached hydrogens (tertiary/aromatic N) is 1. The van der Waals surface area contributed by atoms with Crippen molar-refractivity contribution in [3.05, 3.63) is 64.2 Å². The number of rotatable bonds is 8. The van der Waals surface area contributed by atoms with E-state index in [0.29, 0.717) is 48.8 Å². The number of fused-ring (bicyclic) bond motifs is 1. The molecular formula is C25H27F6NO4. The van der Waals surface area contributed by atoms with Crippen LogP contribution in [0.5, 0.6) is 5.75 Å². The standard InChI is InChI=1S/C25H27F6NO4/c1-14(23(34)35)22(33)16-4-3-15-5-7-19(36-21(15)12-16)9-10-32(2)13-17-11-18(24(26,27)28)6-8-20(17)25(29,30)31/h3-4,6,8,11-12,14,19,22,33H,5,7,9-10,13H2,1-2H3,(H,34,35)/t14-,19?,22+/m0/s1. The Labute approximate surface area is 204 Å². The molecule has 1 aliphatic heterocycles. The minimum atomic E-state index is -4.78. The lowest BCUT2D eigenvalue weighted by Crippen LogP contribution is -2.29. The van der Waals surface area contributed by atoms with Gasteiger partial charge in [-0.15, -0.1) is 0 Å². The highest BCUT2D eigenvalue weighted by atomic mass is 19.4. The molecule has 2 aromatic carbocycles. The zero-order valence-corrected chi connectivity index (χ0v) is 19.7. The maximum atomic E-state index is 13.4. The lowest BCUT2D eigenvalue weighted by atomic mass is 9.93. The van der Waals surface area contributed by atoms with Gasteiger partial charge in [0.2, 0.25) is 0 Å². The highest BCUT2D eigenvalue weighted by Gasteiger charge is 2.37. The van der Waals surface area contributed by atoms with Gasteiger partial charge in [0.25, 0.3) is 0 Å². The molecule has 198 valence electrons. The summed E-state index contributed by atoms with van der Waals surface area (Å²) in [5, 5.41) is 19.4. The molecule has 0 spiro atoms. The predicted molar refractivity (Wildman–Crippen MR) is 118 cm³/mol. The van der Waals surface area contributed by atoms with E-state index in [1.165, 1.54) is 18.9 Å². The van der Waals surface area contributed by atoms with Gasteiger partial charge in [-0.3, -0.25) is 4.79 Å². The second-order valence-corrected chi connectivity index (χ2v) is 9.11. The van der Waals surface area contributed by atoms with Gasteiger partial charge in [0, 0.05) is 13.1 Å². The van der Waals surface area contributed by atoms with Crippen LogP contribution < -0.4 is 4.74 Å². The number of carboxylic acid groups (broad SMARTS) is 1. The first-order valence-corrected chi connectivity index (χ1v) is 11.3. The Hall–Kier alpha value is -2.79. The summed E-state index contributed by atoms with van der Waals surface area (Å²) in [6.07, 6.45) is -9.36. The summed E-state index contributed by atoms with van der Waals surface area (Å²) in [5.41, 5.74) is -1.42. The van der Waals surface area contributed by atoms with Crippen molar-refractivity contribution in [3.63, 3.8) is 0 Å². The third-order valence-electron chi connectivity index (χ3n) is 6.34. The van der Waals surface area contributed by atoms with Crippen LogP contribution >= 0.6 is 0 Å². The molecule has 0 amide bonds. The van der Waals surface area contributed by atoms with Crippen LogP contribution in [0.25, 0.3) is 0 Å². The molecule has 1 heterocycles. The lowest BCUT2D eigenvalue weighted by molar-refractivity contribution is -0.145. The van der Waals surface area contributed by atoms with Gasteiger partial charge < -0.3 is 19.8 Å². The highest BCUT2D eigenvalue weighted by molar-refractivity contribution is 5.70. The third-order valence-corrected chi connectivity index (χ3v) is 6.34. The summed E-state index contributed by atoms with van der Waals surface area (Å²) in [6, 6.07) is 6.43. The van der Waals surface area contributed by atoms with Crippen molar-refractivity contribution < 1.29 is 46.1 Å². The summed E-state index contributed by atoms with van der Waals surface area (Å²) in [5.74, 6) is -1.66. The zero-order valence-electron chi connectivity index (χ0n) is 19.7. The minimum absolute atomic E-state index is 0.270. The molecule has 3 rings (SSSR count). The summed E-state index contributed by atoms with van der Waals surface area (Å²) in [4.78, 5) is 12.7. The van der Waals surface area contributed by atoms with Crippen LogP contribution in [0.3, 0.4) is 0 Å². The number of benzene rings is 2. The number of hydrogen-bond donors (Lipinski definition) is 2. The largest absolute Gasteiger partial charge is 0.490 e. The zero-order chi connectivity index (χ0) is 26.8. The molecule has 0 bridgehead atoms. The SMILES string of the molecule is C[C@H](C(=O)O)[C@@H](O)c1ccc2c(c1)OC(CCN(C)Cc1cc(C(F)(F)F)ccc1C(F)(F)F)CC2. The summed E-state index contributed by atoms with van der Waals surface area (Å²) < 4.78 is 85.2. The van der Waals surface area contributed by atoms with E-state index in [0.717, 1.165) is 5.56 Å². The van der Waals surface area contributed by atoms with E-state index in [1.54, 1.807) is 18.2 Å². The van der Waals surface area contributed by atoms with E-state index in [2.05, 4.69) is 0 Å². The summed E-state index contributed by atoms with van der Waals surface area (Å²) >= 11 is 0. The fraction of sp³-hybridized carbons (Fsp3) is 0.480. The fourth-order valence-electron chi connectivity index (χ4n) is 4.16. The number of carbonyl (C=O) groups is 1. The first-order chi connectivity index (χ1) is 16.7. The number of ether oxygens (including phenoxy) is 1. The molecule has 2 aromatic rings. The Kier molecular flexibility index (Phi) is 8.24. The van der Waals surface area contributed by atoms with Crippen LogP contribution in [-0.4, -0.2) is 40.8 Å². The highest BCUT2D eigenvalue weighted by Crippen LogP contribution is 2.37. The maximum absolute atomic E-state index is 13.4. The Morgan fingerprint density at radius 2 is 1.81 bits per heavy atom. The summed E-state index contributed by atoms with van der Waals surface area (Å²) in [6.45, 7) is 1.33. The van der Waals surface area contributed by atoms with Crippen LogP contribution in [0.1, 0.15) is 53.7 Å². The fourth-order valence-corrected chi connectivity index (χ4v) is 4.16.